The number of rotatable bonds is 6. The second-order valence-electron chi connectivity index (χ2n) is 5.10. The Hall–Kier alpha value is -0.800. The minimum absolute atomic E-state index is 0.740. The van der Waals surface area contributed by atoms with Gasteiger partial charge in [-0.1, -0.05) is 6.92 Å². The standard InChI is InChI=1S/C14H25N3/c1-3-8-17-10-5-7-14(17)12-15-11-13-6-4-9-16(13)2/h5,7,10,13,15H,3-4,6,8-9,11-12H2,1-2H3. The average molecular weight is 235 g/mol. The van der Waals surface area contributed by atoms with Crippen molar-refractivity contribution in [2.75, 3.05) is 20.1 Å². The third kappa shape index (κ3) is 3.33. The van der Waals surface area contributed by atoms with E-state index in [0.29, 0.717) is 0 Å². The number of aryl methyl sites for hydroxylation is 1. The molecule has 3 heteroatoms. The van der Waals surface area contributed by atoms with Gasteiger partial charge in [0.15, 0.2) is 0 Å². The Labute approximate surface area is 105 Å². The van der Waals surface area contributed by atoms with Gasteiger partial charge in [0.1, 0.15) is 0 Å². The van der Waals surface area contributed by atoms with Gasteiger partial charge in [-0.15, -0.1) is 0 Å². The zero-order valence-corrected chi connectivity index (χ0v) is 11.2. The largest absolute Gasteiger partial charge is 0.350 e. The molecule has 1 N–H and O–H groups in total. The first-order valence-electron chi connectivity index (χ1n) is 6.86. The second-order valence-corrected chi connectivity index (χ2v) is 5.10. The quantitative estimate of drug-likeness (QED) is 0.814. The van der Waals surface area contributed by atoms with E-state index >= 15 is 0 Å². The lowest BCUT2D eigenvalue weighted by Gasteiger charge is -2.20. The van der Waals surface area contributed by atoms with Gasteiger partial charge in [0.05, 0.1) is 0 Å². The molecular formula is C14H25N3. The summed E-state index contributed by atoms with van der Waals surface area (Å²) in [5, 5.41) is 3.60. The first-order valence-corrected chi connectivity index (χ1v) is 6.86. The van der Waals surface area contributed by atoms with Crippen LogP contribution in [0.25, 0.3) is 0 Å². The Kier molecular flexibility index (Phi) is 4.63. The monoisotopic (exact) mass is 235 g/mol. The molecule has 1 unspecified atom stereocenters. The highest BCUT2D eigenvalue weighted by Crippen LogP contribution is 2.13. The van der Waals surface area contributed by atoms with E-state index in [0.717, 1.165) is 25.7 Å². The summed E-state index contributed by atoms with van der Waals surface area (Å²) in [4.78, 5) is 2.47. The van der Waals surface area contributed by atoms with E-state index < -0.39 is 0 Å². The van der Waals surface area contributed by atoms with Crippen molar-refractivity contribution >= 4 is 0 Å². The van der Waals surface area contributed by atoms with Crippen LogP contribution in [0.1, 0.15) is 31.9 Å². The molecule has 0 aliphatic carbocycles. The minimum Gasteiger partial charge on any atom is -0.350 e. The molecule has 0 bridgehead atoms. The van der Waals surface area contributed by atoms with Crippen LogP contribution in [0, 0.1) is 0 Å². The highest BCUT2D eigenvalue weighted by molar-refractivity contribution is 5.06. The van der Waals surface area contributed by atoms with Crippen LogP contribution in [0.4, 0.5) is 0 Å². The van der Waals surface area contributed by atoms with Crippen LogP contribution in [0.5, 0.6) is 0 Å². The Morgan fingerprint density at radius 2 is 2.35 bits per heavy atom. The molecule has 2 rings (SSSR count). The van der Waals surface area contributed by atoms with Crippen molar-refractivity contribution in [2.24, 2.45) is 0 Å². The molecule has 1 aromatic rings. The first-order chi connectivity index (χ1) is 8.31. The summed E-state index contributed by atoms with van der Waals surface area (Å²) in [6, 6.07) is 5.11. The Morgan fingerprint density at radius 1 is 1.47 bits per heavy atom. The van der Waals surface area contributed by atoms with E-state index in [1.165, 1.54) is 31.5 Å². The summed E-state index contributed by atoms with van der Waals surface area (Å²) in [6.45, 7) is 6.74. The van der Waals surface area contributed by atoms with Crippen molar-refractivity contribution in [3.8, 4) is 0 Å². The maximum Gasteiger partial charge on any atom is 0.0359 e. The molecule has 1 atom stereocenters. The van der Waals surface area contributed by atoms with Crippen molar-refractivity contribution in [3.63, 3.8) is 0 Å². The lowest BCUT2D eigenvalue weighted by Crippen LogP contribution is -2.35. The highest BCUT2D eigenvalue weighted by Gasteiger charge is 2.19. The molecule has 96 valence electrons. The van der Waals surface area contributed by atoms with Crippen LogP contribution in [0.2, 0.25) is 0 Å². The van der Waals surface area contributed by atoms with Gasteiger partial charge < -0.3 is 14.8 Å². The van der Waals surface area contributed by atoms with Gasteiger partial charge in [-0.05, 0) is 45.0 Å². The second kappa shape index (κ2) is 6.22. The normalized spacial score (nSPS) is 21.2. The van der Waals surface area contributed by atoms with E-state index in [2.05, 4.69) is 47.1 Å². The van der Waals surface area contributed by atoms with Crippen molar-refractivity contribution in [1.29, 1.82) is 0 Å². The molecule has 0 radical (unpaired) electrons. The fourth-order valence-electron chi connectivity index (χ4n) is 2.67. The Morgan fingerprint density at radius 3 is 3.06 bits per heavy atom. The number of nitrogens with zero attached hydrogens (tertiary/aromatic N) is 2. The first kappa shape index (κ1) is 12.7. The summed E-state index contributed by atoms with van der Waals surface area (Å²) in [5.74, 6) is 0. The summed E-state index contributed by atoms with van der Waals surface area (Å²) >= 11 is 0. The van der Waals surface area contributed by atoms with Crippen LogP contribution < -0.4 is 5.32 Å². The van der Waals surface area contributed by atoms with Gasteiger partial charge in [0.2, 0.25) is 0 Å². The lowest BCUT2D eigenvalue weighted by molar-refractivity contribution is 0.299. The maximum atomic E-state index is 3.60. The third-order valence-electron chi connectivity index (χ3n) is 3.75. The molecular weight excluding hydrogens is 210 g/mol. The zero-order chi connectivity index (χ0) is 12.1. The van der Waals surface area contributed by atoms with Gasteiger partial charge in [-0.3, -0.25) is 0 Å². The van der Waals surface area contributed by atoms with Crippen LogP contribution in [0.15, 0.2) is 18.3 Å². The minimum atomic E-state index is 0.740. The molecule has 3 nitrogen and oxygen atoms in total. The summed E-state index contributed by atoms with van der Waals surface area (Å²) in [5.41, 5.74) is 1.41. The van der Waals surface area contributed by atoms with Crippen LogP contribution >= 0.6 is 0 Å². The Bertz CT molecular complexity index is 332. The van der Waals surface area contributed by atoms with E-state index in [1.807, 2.05) is 0 Å². The summed E-state index contributed by atoms with van der Waals surface area (Å²) in [7, 11) is 2.24. The lowest BCUT2D eigenvalue weighted by atomic mass is 10.2. The highest BCUT2D eigenvalue weighted by atomic mass is 15.2. The van der Waals surface area contributed by atoms with E-state index in [9.17, 15) is 0 Å². The molecule has 2 heterocycles. The number of hydrogen-bond donors (Lipinski definition) is 1. The van der Waals surface area contributed by atoms with E-state index in [1.54, 1.807) is 0 Å². The molecule has 1 aliphatic rings. The average Bonchev–Trinajstić information content (AvgIpc) is 2.90. The zero-order valence-electron chi connectivity index (χ0n) is 11.2. The molecule has 0 amide bonds. The molecule has 1 aliphatic heterocycles. The van der Waals surface area contributed by atoms with Crippen molar-refractivity contribution in [3.05, 3.63) is 24.0 Å². The molecule has 1 aromatic heterocycles. The molecule has 0 aromatic carbocycles. The third-order valence-corrected chi connectivity index (χ3v) is 3.75. The molecule has 0 spiro atoms. The number of likely N-dealkylation sites (N-methyl/N-ethyl adjacent to an activating group) is 1. The smallest absolute Gasteiger partial charge is 0.0359 e. The molecule has 17 heavy (non-hydrogen) atoms. The van der Waals surface area contributed by atoms with Gasteiger partial charge in [-0.25, -0.2) is 0 Å². The Balaban J connectivity index is 1.75. The maximum absolute atomic E-state index is 3.60. The van der Waals surface area contributed by atoms with Crippen molar-refractivity contribution < 1.29 is 0 Å². The van der Waals surface area contributed by atoms with E-state index in [4.69, 9.17) is 0 Å². The fourth-order valence-corrected chi connectivity index (χ4v) is 2.67. The fraction of sp³-hybridized carbons (Fsp3) is 0.714. The van der Waals surface area contributed by atoms with Crippen LogP contribution in [-0.2, 0) is 13.1 Å². The number of nitrogens with one attached hydrogen (secondary N) is 1. The molecule has 0 saturated carbocycles. The summed E-state index contributed by atoms with van der Waals surface area (Å²) in [6.07, 6.45) is 6.09. The topological polar surface area (TPSA) is 20.2 Å². The van der Waals surface area contributed by atoms with Gasteiger partial charge >= 0.3 is 0 Å². The van der Waals surface area contributed by atoms with Gasteiger partial charge in [0.25, 0.3) is 0 Å². The number of hydrogen-bond acceptors (Lipinski definition) is 2. The molecule has 1 fully saturated rings. The van der Waals surface area contributed by atoms with Gasteiger partial charge in [0, 0.05) is 37.6 Å². The predicted octanol–water partition coefficient (Wildman–Crippen LogP) is 2.08. The SMILES string of the molecule is CCCn1cccc1CNCC1CCCN1C. The number of likely N-dealkylation sites (tertiary alicyclic amines) is 1. The van der Waals surface area contributed by atoms with E-state index in [-0.39, 0.29) is 0 Å². The van der Waals surface area contributed by atoms with Gasteiger partial charge in [-0.2, -0.15) is 0 Å². The van der Waals surface area contributed by atoms with Crippen molar-refractivity contribution in [2.45, 2.75) is 45.3 Å². The van der Waals surface area contributed by atoms with Crippen LogP contribution in [-0.4, -0.2) is 35.6 Å². The van der Waals surface area contributed by atoms with Crippen molar-refractivity contribution in [1.82, 2.24) is 14.8 Å². The summed E-state index contributed by atoms with van der Waals surface area (Å²) < 4.78 is 2.35. The predicted molar refractivity (Wildman–Crippen MR) is 72.1 cm³/mol. The van der Waals surface area contributed by atoms with Crippen LogP contribution in [0.3, 0.4) is 0 Å². The molecule has 1 saturated heterocycles. The number of aromatic nitrogens is 1.